The van der Waals surface area contributed by atoms with Gasteiger partial charge in [-0.1, -0.05) is 37.3 Å². The molecule has 1 aromatic heterocycles. The van der Waals surface area contributed by atoms with Gasteiger partial charge in [-0.15, -0.1) is 0 Å². The van der Waals surface area contributed by atoms with E-state index in [1.807, 2.05) is 0 Å². The number of carbonyl (C=O) groups excluding carboxylic acids is 1. The highest BCUT2D eigenvalue weighted by Gasteiger charge is 2.71. The number of halogens is 3. The summed E-state index contributed by atoms with van der Waals surface area (Å²) in [5.41, 5.74) is -5.10. The lowest BCUT2D eigenvalue weighted by molar-refractivity contribution is -0.304. The minimum absolute atomic E-state index is 0.0777. The summed E-state index contributed by atoms with van der Waals surface area (Å²) in [6.45, 7) is 3.66. The van der Waals surface area contributed by atoms with Gasteiger partial charge in [-0.3, -0.25) is 18.9 Å². The van der Waals surface area contributed by atoms with Crippen molar-refractivity contribution in [3.63, 3.8) is 0 Å². The summed E-state index contributed by atoms with van der Waals surface area (Å²) >= 11 is 4.78. The van der Waals surface area contributed by atoms with Gasteiger partial charge in [0, 0.05) is 6.20 Å². The summed E-state index contributed by atoms with van der Waals surface area (Å²) < 4.78 is 77.4. The number of carbonyl (C=O) groups is 1. The maximum Gasteiger partial charge on any atom is 0.424 e. The molecule has 2 aromatic rings. The number of nitrogens with one attached hydrogen (secondary N) is 1. The van der Waals surface area contributed by atoms with Gasteiger partial charge in [-0.05, 0) is 32.0 Å². The van der Waals surface area contributed by atoms with E-state index in [4.69, 9.17) is 30.7 Å². The van der Waals surface area contributed by atoms with Gasteiger partial charge in [0.05, 0.1) is 24.8 Å². The molecule has 3 rings (SSSR count). The molecule has 1 fully saturated rings. The monoisotopic (exact) mass is 596 g/mol. The topological polar surface area (TPSA) is 149 Å². The van der Waals surface area contributed by atoms with Crippen LogP contribution >= 0.6 is 19.8 Å². The number of nitrogens with zero attached hydrogens (tertiary/aromatic N) is 1. The van der Waals surface area contributed by atoms with Crippen molar-refractivity contribution in [2.45, 2.75) is 57.1 Å². The molecule has 0 saturated carbocycles. The van der Waals surface area contributed by atoms with Gasteiger partial charge in [-0.2, -0.15) is 13.2 Å². The van der Waals surface area contributed by atoms with Crippen LogP contribution in [0.1, 0.15) is 27.0 Å². The van der Waals surface area contributed by atoms with E-state index < -0.39 is 74.3 Å². The molecule has 1 saturated heterocycles. The third-order valence-corrected chi connectivity index (χ3v) is 7.98. The number of aromatic amines is 1. The van der Waals surface area contributed by atoms with E-state index >= 15 is 0 Å². The quantitative estimate of drug-likeness (QED) is 0.212. The zero-order chi connectivity index (χ0) is 29.2. The van der Waals surface area contributed by atoms with E-state index in [0.717, 1.165) is 12.3 Å². The molecule has 16 heteroatoms. The Bertz CT molecular complexity index is 1320. The van der Waals surface area contributed by atoms with Crippen LogP contribution in [0.15, 0.2) is 47.4 Å². The number of H-pyrrole nitrogens is 1. The lowest BCUT2D eigenvalue weighted by atomic mass is 9.93. The third-order valence-electron chi connectivity index (χ3n) is 5.72. The first-order valence-corrected chi connectivity index (χ1v) is 13.8. The molecule has 1 aliphatic heterocycles. The first-order chi connectivity index (χ1) is 18.1. The van der Waals surface area contributed by atoms with Crippen molar-refractivity contribution >= 4 is 25.8 Å². The largest absolute Gasteiger partial charge is 0.463 e. The zero-order valence-electron chi connectivity index (χ0n) is 21.0. The van der Waals surface area contributed by atoms with Gasteiger partial charge in [0.2, 0.25) is 5.60 Å². The van der Waals surface area contributed by atoms with Crippen LogP contribution in [0.2, 0.25) is 0 Å². The zero-order valence-corrected chi connectivity index (χ0v) is 22.7. The van der Waals surface area contributed by atoms with Gasteiger partial charge >= 0.3 is 25.4 Å². The molecule has 216 valence electrons. The molecule has 0 radical (unpaired) electrons. The van der Waals surface area contributed by atoms with Gasteiger partial charge in [0.15, 0.2) is 6.23 Å². The van der Waals surface area contributed by atoms with E-state index in [0.29, 0.717) is 4.57 Å². The Morgan fingerprint density at radius 1 is 1.26 bits per heavy atom. The number of aromatic nitrogens is 2. The maximum absolute atomic E-state index is 14.0. The average Bonchev–Trinajstić information content (AvgIpc) is 3.09. The van der Waals surface area contributed by atoms with Crippen LogP contribution in [-0.4, -0.2) is 68.6 Å². The van der Waals surface area contributed by atoms with Crippen molar-refractivity contribution in [2.24, 2.45) is 5.92 Å². The van der Waals surface area contributed by atoms with Crippen LogP contribution in [-0.2, 0) is 23.4 Å². The summed E-state index contributed by atoms with van der Waals surface area (Å²) in [5, 5.41) is 21.2. The Hall–Kier alpha value is -2.55. The molecule has 11 nitrogen and oxygen atoms in total. The van der Waals surface area contributed by atoms with E-state index in [9.17, 15) is 37.5 Å². The van der Waals surface area contributed by atoms with E-state index in [1.165, 1.54) is 19.1 Å². The fourth-order valence-corrected chi connectivity index (χ4v) is 5.82. The van der Waals surface area contributed by atoms with Crippen molar-refractivity contribution in [1.29, 1.82) is 0 Å². The molecule has 0 aliphatic carbocycles. The van der Waals surface area contributed by atoms with Crippen LogP contribution in [0.5, 0.6) is 5.75 Å². The second kappa shape index (κ2) is 11.9. The van der Waals surface area contributed by atoms with Crippen LogP contribution in [0.4, 0.5) is 13.2 Å². The molecule has 1 aromatic carbocycles. The minimum atomic E-state index is -5.47. The summed E-state index contributed by atoms with van der Waals surface area (Å²) in [5.74, 6) is -1.65. The molecule has 2 unspecified atom stereocenters. The average molecular weight is 597 g/mol. The van der Waals surface area contributed by atoms with Crippen molar-refractivity contribution in [3.8, 4) is 5.75 Å². The van der Waals surface area contributed by atoms with Gasteiger partial charge in [0.1, 0.15) is 22.6 Å². The van der Waals surface area contributed by atoms with Crippen LogP contribution in [0.25, 0.3) is 0 Å². The summed E-state index contributed by atoms with van der Waals surface area (Å²) in [4.78, 5) is 26.7. The first kappa shape index (κ1) is 31.0. The fourth-order valence-electron chi connectivity index (χ4n) is 3.80. The van der Waals surface area contributed by atoms with E-state index in [-0.39, 0.29) is 10.4 Å². The predicted octanol–water partition coefficient (Wildman–Crippen LogP) is 3.33. The predicted molar refractivity (Wildman–Crippen MR) is 133 cm³/mol. The van der Waals surface area contributed by atoms with Crippen molar-refractivity contribution < 1.29 is 51.3 Å². The minimum Gasteiger partial charge on any atom is -0.463 e. The molecule has 0 amide bonds. The Balaban J connectivity index is 1.90. The van der Waals surface area contributed by atoms with Gasteiger partial charge < -0.3 is 24.2 Å². The molecular weight excluding hydrogens is 568 g/mol. The standard InChI is InChI=1S/C23H28F3N2O9PS/c1-13(2)35-19(30)14(3)12-38(33,37-15-7-5-4-6-8-15)34-11-16-18(29)22(32,23(24,25)26)20(36-16)28-10-9-17(39)27-21(28)31/h4-10,13-14,16,18,20,29,32H,11-12H2,1-3H3,(H,27,31,39)/t14-,16-,18+,20-,22?,38?/m1/s1. The van der Waals surface area contributed by atoms with E-state index in [1.54, 1.807) is 32.0 Å². The maximum atomic E-state index is 14.0. The molecule has 2 heterocycles. The highest BCUT2D eigenvalue weighted by atomic mass is 32.1. The number of aliphatic hydroxyl groups is 2. The number of hydrogen-bond donors (Lipinski definition) is 3. The SMILES string of the molecule is CC(C)OC(=O)[C@H](C)CP(=O)(OC[C@H]1O[C@@H](n2ccc(=S)[nH]c2=O)C(O)(C(F)(F)F)[C@H]1O)Oc1ccccc1. The summed E-state index contributed by atoms with van der Waals surface area (Å²) in [7, 11) is -4.31. The highest BCUT2D eigenvalue weighted by molar-refractivity contribution is 7.71. The van der Waals surface area contributed by atoms with Crippen molar-refractivity contribution in [2.75, 3.05) is 12.8 Å². The van der Waals surface area contributed by atoms with Crippen molar-refractivity contribution in [3.05, 3.63) is 57.7 Å². The van der Waals surface area contributed by atoms with Crippen LogP contribution in [0.3, 0.4) is 0 Å². The third kappa shape index (κ3) is 6.97. The Morgan fingerprint density at radius 3 is 2.46 bits per heavy atom. The number of hydrogen-bond acceptors (Lipinski definition) is 10. The fraction of sp³-hybridized carbons (Fsp3) is 0.522. The van der Waals surface area contributed by atoms with Crippen LogP contribution in [0, 0.1) is 10.6 Å². The molecule has 6 atom stereocenters. The molecule has 0 bridgehead atoms. The normalized spacial score (nSPS) is 25.7. The molecule has 0 spiro atoms. The number of alkyl halides is 3. The number of ether oxygens (including phenoxy) is 2. The Morgan fingerprint density at radius 2 is 1.90 bits per heavy atom. The van der Waals surface area contributed by atoms with Crippen molar-refractivity contribution in [1.82, 2.24) is 9.55 Å². The molecule has 39 heavy (non-hydrogen) atoms. The molecular formula is C23H28F3N2O9PS. The smallest absolute Gasteiger partial charge is 0.424 e. The number of para-hydroxylation sites is 1. The second-order valence-electron chi connectivity index (χ2n) is 9.19. The lowest BCUT2D eigenvalue weighted by Gasteiger charge is -2.33. The van der Waals surface area contributed by atoms with E-state index in [2.05, 4.69) is 4.98 Å². The van der Waals surface area contributed by atoms with Gasteiger partial charge in [0.25, 0.3) is 0 Å². The molecule has 3 N–H and O–H groups in total. The number of rotatable bonds is 10. The number of aliphatic hydroxyl groups excluding tert-OH is 1. The van der Waals surface area contributed by atoms with Gasteiger partial charge in [-0.25, -0.2) is 9.36 Å². The Labute approximate surface area is 226 Å². The summed E-state index contributed by atoms with van der Waals surface area (Å²) in [6, 6.07) is 8.76. The van der Waals surface area contributed by atoms with Crippen LogP contribution < -0.4 is 10.2 Å². The first-order valence-electron chi connectivity index (χ1n) is 11.7. The highest BCUT2D eigenvalue weighted by Crippen LogP contribution is 2.52. The Kier molecular flexibility index (Phi) is 9.46. The molecule has 1 aliphatic rings. The lowest BCUT2D eigenvalue weighted by Crippen LogP contribution is -2.58. The summed E-state index contributed by atoms with van der Waals surface area (Å²) in [6.07, 6.45) is -12.7. The number of esters is 1. The number of benzene rings is 1. The second-order valence-corrected chi connectivity index (χ2v) is 11.7.